The minimum atomic E-state index is -0.664. The molecule has 164 valence electrons. The van der Waals surface area contributed by atoms with Crippen molar-refractivity contribution in [2.24, 2.45) is 5.92 Å². The second-order valence-electron chi connectivity index (χ2n) is 8.26. The lowest BCUT2D eigenvalue weighted by molar-refractivity contribution is -0.142. The van der Waals surface area contributed by atoms with Gasteiger partial charge < -0.3 is 14.9 Å². The van der Waals surface area contributed by atoms with Crippen molar-refractivity contribution in [3.63, 3.8) is 0 Å². The number of aryl methyl sites for hydroxylation is 2. The van der Waals surface area contributed by atoms with E-state index in [2.05, 4.69) is 59.5 Å². The number of rotatable bonds is 9. The number of carboxylic acids is 1. The molecule has 30 heavy (non-hydrogen) atoms. The Balaban J connectivity index is 1.70. The number of aliphatic carboxylic acids is 1. The number of carboxylic acid groups (broad SMARTS) is 1. The summed E-state index contributed by atoms with van der Waals surface area (Å²) < 4.78 is 0. The molecule has 0 radical (unpaired) electrons. The highest BCUT2D eigenvalue weighted by atomic mass is 32.1. The Morgan fingerprint density at radius 3 is 2.10 bits per heavy atom. The fourth-order valence-corrected chi connectivity index (χ4v) is 6.08. The number of thiophene rings is 2. The van der Waals surface area contributed by atoms with Gasteiger partial charge in [0, 0.05) is 48.1 Å². The zero-order chi connectivity index (χ0) is 21.5. The Labute approximate surface area is 188 Å². The van der Waals surface area contributed by atoms with E-state index in [4.69, 9.17) is 0 Å². The third kappa shape index (κ3) is 6.03. The standard InChI is InChI=1S/C24H34N2O2S2/c1-4-5-10-25-12-13-26(17-20(16-25)24(27)28)11-6-7-21(22-18(2)8-14-29-22)23-19(3)9-15-30-23/h7-9,14-15,20H,4-6,10-13,16-17H2,1-3H3,(H,27,28). The van der Waals surface area contributed by atoms with E-state index in [1.807, 2.05) is 0 Å². The molecule has 0 aromatic carbocycles. The smallest absolute Gasteiger partial charge is 0.309 e. The first-order valence-corrected chi connectivity index (χ1v) is 12.7. The first-order valence-electron chi connectivity index (χ1n) is 11.0. The van der Waals surface area contributed by atoms with E-state index in [9.17, 15) is 9.90 Å². The largest absolute Gasteiger partial charge is 0.481 e. The van der Waals surface area contributed by atoms with Crippen molar-refractivity contribution in [1.29, 1.82) is 0 Å². The van der Waals surface area contributed by atoms with Crippen molar-refractivity contribution < 1.29 is 9.90 Å². The van der Waals surface area contributed by atoms with Crippen LogP contribution in [0.1, 0.15) is 47.1 Å². The first kappa shape index (κ1) is 23.2. The fourth-order valence-electron chi connectivity index (χ4n) is 4.07. The predicted octanol–water partition coefficient (Wildman–Crippen LogP) is 5.37. The minimum Gasteiger partial charge on any atom is -0.481 e. The van der Waals surface area contributed by atoms with Crippen molar-refractivity contribution >= 4 is 34.2 Å². The molecule has 4 nitrogen and oxygen atoms in total. The minimum absolute atomic E-state index is 0.299. The van der Waals surface area contributed by atoms with Gasteiger partial charge >= 0.3 is 5.97 Å². The van der Waals surface area contributed by atoms with E-state index in [-0.39, 0.29) is 5.92 Å². The summed E-state index contributed by atoms with van der Waals surface area (Å²) in [7, 11) is 0. The summed E-state index contributed by atoms with van der Waals surface area (Å²) in [5.41, 5.74) is 3.99. The van der Waals surface area contributed by atoms with Gasteiger partial charge in [-0.2, -0.15) is 0 Å². The van der Waals surface area contributed by atoms with Gasteiger partial charge in [0.2, 0.25) is 0 Å². The van der Waals surface area contributed by atoms with Crippen molar-refractivity contribution in [2.45, 2.75) is 40.0 Å². The van der Waals surface area contributed by atoms with Gasteiger partial charge in [0.05, 0.1) is 5.92 Å². The third-order valence-electron chi connectivity index (χ3n) is 5.87. The summed E-state index contributed by atoms with van der Waals surface area (Å²) in [5.74, 6) is -0.963. The summed E-state index contributed by atoms with van der Waals surface area (Å²) in [6.45, 7) is 11.7. The molecule has 6 heteroatoms. The summed E-state index contributed by atoms with van der Waals surface area (Å²) in [4.78, 5) is 19.2. The summed E-state index contributed by atoms with van der Waals surface area (Å²) in [6.07, 6.45) is 5.59. The molecule has 1 saturated heterocycles. The fraction of sp³-hybridized carbons (Fsp3) is 0.542. The zero-order valence-electron chi connectivity index (χ0n) is 18.4. The molecule has 3 rings (SSSR count). The zero-order valence-corrected chi connectivity index (χ0v) is 20.0. The van der Waals surface area contributed by atoms with Crippen LogP contribution in [-0.2, 0) is 4.79 Å². The van der Waals surface area contributed by atoms with Gasteiger partial charge in [0.15, 0.2) is 0 Å². The topological polar surface area (TPSA) is 43.8 Å². The maximum atomic E-state index is 11.8. The molecule has 2 aromatic heterocycles. The van der Waals surface area contributed by atoms with Crippen LogP contribution >= 0.6 is 22.7 Å². The van der Waals surface area contributed by atoms with E-state index >= 15 is 0 Å². The molecule has 0 amide bonds. The molecule has 1 unspecified atom stereocenters. The van der Waals surface area contributed by atoms with Gasteiger partial charge in [0.25, 0.3) is 0 Å². The molecular formula is C24H34N2O2S2. The average molecular weight is 447 g/mol. The molecule has 2 aromatic rings. The van der Waals surface area contributed by atoms with Crippen LogP contribution in [0, 0.1) is 19.8 Å². The van der Waals surface area contributed by atoms with Gasteiger partial charge in [-0.1, -0.05) is 19.4 Å². The van der Waals surface area contributed by atoms with Gasteiger partial charge in [-0.3, -0.25) is 4.79 Å². The molecule has 1 atom stereocenters. The van der Waals surface area contributed by atoms with Crippen LogP contribution in [-0.4, -0.2) is 60.1 Å². The normalized spacial score (nSPS) is 18.3. The van der Waals surface area contributed by atoms with Crippen LogP contribution in [0.4, 0.5) is 0 Å². The SMILES string of the molecule is CCCCN1CCN(CCC=C(c2sccc2C)c2sccc2C)CC(C(=O)O)C1. The second kappa shape index (κ2) is 11.2. The highest BCUT2D eigenvalue weighted by molar-refractivity contribution is 7.14. The van der Waals surface area contributed by atoms with Crippen molar-refractivity contribution in [3.05, 3.63) is 49.9 Å². The number of hydrogen-bond donors (Lipinski definition) is 1. The quantitative estimate of drug-likeness (QED) is 0.563. The molecule has 0 bridgehead atoms. The number of carbonyl (C=O) groups is 1. The van der Waals surface area contributed by atoms with Crippen molar-refractivity contribution in [3.8, 4) is 0 Å². The Morgan fingerprint density at radius 2 is 1.63 bits per heavy atom. The Morgan fingerprint density at radius 1 is 1.07 bits per heavy atom. The van der Waals surface area contributed by atoms with Crippen LogP contribution in [0.5, 0.6) is 0 Å². The maximum absolute atomic E-state index is 11.8. The van der Waals surface area contributed by atoms with Crippen LogP contribution in [0.15, 0.2) is 29.0 Å². The highest BCUT2D eigenvalue weighted by Gasteiger charge is 2.27. The number of nitrogens with zero attached hydrogens (tertiary/aromatic N) is 2. The van der Waals surface area contributed by atoms with E-state index in [1.54, 1.807) is 22.7 Å². The molecule has 1 N–H and O–H groups in total. The van der Waals surface area contributed by atoms with Gasteiger partial charge in [-0.15, -0.1) is 22.7 Å². The van der Waals surface area contributed by atoms with Crippen LogP contribution in [0.25, 0.3) is 5.57 Å². The lowest BCUT2D eigenvalue weighted by atomic mass is 10.0. The number of unbranched alkanes of at least 4 members (excludes halogenated alkanes) is 1. The molecule has 1 aliphatic heterocycles. The van der Waals surface area contributed by atoms with Crippen LogP contribution < -0.4 is 0 Å². The lowest BCUT2D eigenvalue weighted by Crippen LogP contribution is -2.35. The summed E-state index contributed by atoms with van der Waals surface area (Å²) in [5, 5.41) is 14.0. The average Bonchev–Trinajstić information content (AvgIpc) is 3.27. The van der Waals surface area contributed by atoms with E-state index < -0.39 is 5.97 Å². The Kier molecular flexibility index (Phi) is 8.69. The third-order valence-corrected chi connectivity index (χ3v) is 7.97. The summed E-state index contributed by atoms with van der Waals surface area (Å²) >= 11 is 3.61. The maximum Gasteiger partial charge on any atom is 0.309 e. The van der Waals surface area contributed by atoms with Crippen LogP contribution in [0.2, 0.25) is 0 Å². The van der Waals surface area contributed by atoms with Crippen molar-refractivity contribution in [2.75, 3.05) is 39.3 Å². The highest BCUT2D eigenvalue weighted by Crippen LogP contribution is 2.35. The summed E-state index contributed by atoms with van der Waals surface area (Å²) in [6, 6.07) is 4.38. The lowest BCUT2D eigenvalue weighted by Gasteiger charge is -2.21. The molecule has 1 fully saturated rings. The predicted molar refractivity (Wildman–Crippen MR) is 129 cm³/mol. The molecule has 0 aliphatic carbocycles. The molecular weight excluding hydrogens is 412 g/mol. The van der Waals surface area contributed by atoms with Gasteiger partial charge in [-0.05, 0) is 67.3 Å². The molecule has 3 heterocycles. The molecule has 0 spiro atoms. The molecule has 0 saturated carbocycles. The first-order chi connectivity index (χ1) is 14.5. The van der Waals surface area contributed by atoms with Gasteiger partial charge in [0.1, 0.15) is 0 Å². The molecule has 1 aliphatic rings. The second-order valence-corrected chi connectivity index (χ2v) is 10.1. The van der Waals surface area contributed by atoms with E-state index in [0.29, 0.717) is 13.1 Å². The van der Waals surface area contributed by atoms with Crippen LogP contribution in [0.3, 0.4) is 0 Å². The van der Waals surface area contributed by atoms with E-state index in [1.165, 1.54) is 26.5 Å². The monoisotopic (exact) mass is 446 g/mol. The number of hydrogen-bond acceptors (Lipinski definition) is 5. The Hall–Kier alpha value is -1.47. The van der Waals surface area contributed by atoms with Crippen molar-refractivity contribution in [1.82, 2.24) is 9.80 Å². The Bertz CT molecular complexity index is 813. The van der Waals surface area contributed by atoms with Gasteiger partial charge in [-0.25, -0.2) is 0 Å². The van der Waals surface area contributed by atoms with E-state index in [0.717, 1.165) is 45.4 Å².